The first-order valence-electron chi connectivity index (χ1n) is 6.15. The van der Waals surface area contributed by atoms with Crippen LogP contribution in [0, 0.1) is 28.5 Å². The lowest BCUT2D eigenvalue weighted by molar-refractivity contribution is 0.221. The first kappa shape index (κ1) is 15.3. The zero-order valence-electron chi connectivity index (χ0n) is 10.8. The number of hydrogen-bond acceptors (Lipinski definition) is 4. The highest BCUT2D eigenvalue weighted by atomic mass is 19.1. The third-order valence-corrected chi connectivity index (χ3v) is 2.96. The number of hydrogen-bond donors (Lipinski definition) is 2. The molecule has 1 rings (SSSR count). The number of halogens is 2. The smallest absolute Gasteiger partial charge is 0.214 e. The molecule has 0 bridgehead atoms. The molecule has 0 aromatic carbocycles. The normalized spacial score (nSPS) is 13.6. The fourth-order valence-corrected chi connectivity index (χ4v) is 1.94. The standard InChI is InChI=1S/C13H17F2N3O/c1-2-5-13(8-16,6-7-19)9-17-12-10(14)3-4-11(15)18-12/h3-4,19H,2,5-7,9H2,1H3,(H,17,18). The number of anilines is 1. The number of nitrogens with one attached hydrogen (secondary N) is 1. The van der Waals surface area contributed by atoms with Gasteiger partial charge in [-0.25, -0.2) is 4.39 Å². The average Bonchev–Trinajstić information content (AvgIpc) is 2.40. The third kappa shape index (κ3) is 4.14. The summed E-state index contributed by atoms with van der Waals surface area (Å²) in [6.45, 7) is 1.91. The number of pyridine rings is 1. The number of aliphatic hydroxyl groups is 1. The van der Waals surface area contributed by atoms with Gasteiger partial charge in [0, 0.05) is 13.2 Å². The van der Waals surface area contributed by atoms with Crippen molar-refractivity contribution < 1.29 is 13.9 Å². The Balaban J connectivity index is 2.81. The van der Waals surface area contributed by atoms with E-state index in [1.54, 1.807) is 0 Å². The van der Waals surface area contributed by atoms with Crippen LogP contribution in [0.3, 0.4) is 0 Å². The van der Waals surface area contributed by atoms with Crippen molar-refractivity contribution in [2.24, 2.45) is 5.41 Å². The van der Waals surface area contributed by atoms with Crippen LogP contribution in [0.1, 0.15) is 26.2 Å². The van der Waals surface area contributed by atoms with Crippen molar-refractivity contribution in [3.63, 3.8) is 0 Å². The zero-order valence-corrected chi connectivity index (χ0v) is 10.8. The van der Waals surface area contributed by atoms with E-state index in [4.69, 9.17) is 5.11 Å². The molecule has 0 aliphatic rings. The molecule has 0 radical (unpaired) electrons. The second kappa shape index (κ2) is 7.00. The molecule has 104 valence electrons. The summed E-state index contributed by atoms with van der Waals surface area (Å²) in [5, 5.41) is 20.9. The molecule has 1 unspecified atom stereocenters. The van der Waals surface area contributed by atoms with Crippen molar-refractivity contribution in [1.82, 2.24) is 4.98 Å². The molecule has 1 atom stereocenters. The van der Waals surface area contributed by atoms with Crippen LogP contribution in [0.5, 0.6) is 0 Å². The summed E-state index contributed by atoms with van der Waals surface area (Å²) in [6, 6.07) is 4.06. The molecule has 0 saturated heterocycles. The fourth-order valence-electron chi connectivity index (χ4n) is 1.94. The maximum atomic E-state index is 13.4. The fraction of sp³-hybridized carbons (Fsp3) is 0.538. The molecule has 1 aromatic rings. The molecule has 0 spiro atoms. The van der Waals surface area contributed by atoms with Crippen LogP contribution in [-0.4, -0.2) is 23.2 Å². The third-order valence-electron chi connectivity index (χ3n) is 2.96. The first-order chi connectivity index (χ1) is 9.06. The van der Waals surface area contributed by atoms with E-state index < -0.39 is 17.2 Å². The van der Waals surface area contributed by atoms with E-state index in [1.807, 2.05) is 6.92 Å². The summed E-state index contributed by atoms with van der Waals surface area (Å²) in [5.41, 5.74) is -0.802. The Bertz CT molecular complexity index is 454. The van der Waals surface area contributed by atoms with Crippen LogP contribution < -0.4 is 5.32 Å². The Labute approximate surface area is 111 Å². The molecule has 0 amide bonds. The van der Waals surface area contributed by atoms with Crippen LogP contribution in [0.25, 0.3) is 0 Å². The summed E-state index contributed by atoms with van der Waals surface area (Å²) in [4.78, 5) is 3.41. The predicted molar refractivity (Wildman–Crippen MR) is 67.3 cm³/mol. The van der Waals surface area contributed by atoms with Gasteiger partial charge in [0.1, 0.15) is 0 Å². The molecule has 0 fully saturated rings. The highest BCUT2D eigenvalue weighted by Gasteiger charge is 2.29. The van der Waals surface area contributed by atoms with Gasteiger partial charge in [0.25, 0.3) is 0 Å². The summed E-state index contributed by atoms with van der Waals surface area (Å²) in [5.74, 6) is -1.67. The second-order valence-electron chi connectivity index (χ2n) is 4.43. The minimum absolute atomic E-state index is 0.116. The van der Waals surface area contributed by atoms with E-state index in [-0.39, 0.29) is 25.4 Å². The highest BCUT2D eigenvalue weighted by molar-refractivity contribution is 5.36. The van der Waals surface area contributed by atoms with Crippen molar-refractivity contribution in [2.75, 3.05) is 18.5 Å². The van der Waals surface area contributed by atoms with Gasteiger partial charge in [0.05, 0.1) is 11.5 Å². The molecular formula is C13H17F2N3O. The van der Waals surface area contributed by atoms with Crippen molar-refractivity contribution in [3.05, 3.63) is 23.9 Å². The van der Waals surface area contributed by atoms with Crippen LogP contribution in [0.15, 0.2) is 12.1 Å². The van der Waals surface area contributed by atoms with Gasteiger partial charge in [-0.05, 0) is 25.0 Å². The van der Waals surface area contributed by atoms with Crippen molar-refractivity contribution >= 4 is 5.82 Å². The Kier molecular flexibility index (Phi) is 5.64. The monoisotopic (exact) mass is 269 g/mol. The lowest BCUT2D eigenvalue weighted by Gasteiger charge is -2.26. The molecule has 0 aliphatic heterocycles. The molecule has 1 heterocycles. The summed E-state index contributed by atoms with van der Waals surface area (Å²) in [6.07, 6.45) is 1.60. The summed E-state index contributed by atoms with van der Waals surface area (Å²) < 4.78 is 26.3. The predicted octanol–water partition coefficient (Wildman–Crippen LogP) is 2.46. The average molecular weight is 269 g/mol. The SMILES string of the molecule is CCCC(C#N)(CCO)CNc1nc(F)ccc1F. The molecule has 1 aromatic heterocycles. The largest absolute Gasteiger partial charge is 0.396 e. The molecule has 0 aliphatic carbocycles. The maximum Gasteiger partial charge on any atom is 0.214 e. The van der Waals surface area contributed by atoms with E-state index in [0.717, 1.165) is 18.6 Å². The number of nitriles is 1. The van der Waals surface area contributed by atoms with E-state index in [0.29, 0.717) is 6.42 Å². The van der Waals surface area contributed by atoms with Gasteiger partial charge < -0.3 is 10.4 Å². The molecule has 4 nitrogen and oxygen atoms in total. The highest BCUT2D eigenvalue weighted by Crippen LogP contribution is 2.28. The Morgan fingerprint density at radius 1 is 1.42 bits per heavy atom. The first-order valence-corrected chi connectivity index (χ1v) is 6.15. The van der Waals surface area contributed by atoms with Crippen LogP contribution in [0.4, 0.5) is 14.6 Å². The Hall–Kier alpha value is -1.74. The minimum atomic E-state index is -0.802. The van der Waals surface area contributed by atoms with Gasteiger partial charge in [0.2, 0.25) is 5.95 Å². The number of rotatable bonds is 7. The minimum Gasteiger partial charge on any atom is -0.396 e. The van der Waals surface area contributed by atoms with E-state index >= 15 is 0 Å². The summed E-state index contributed by atoms with van der Waals surface area (Å²) in [7, 11) is 0. The quantitative estimate of drug-likeness (QED) is 0.746. The molecule has 19 heavy (non-hydrogen) atoms. The van der Waals surface area contributed by atoms with Gasteiger partial charge in [-0.2, -0.15) is 14.6 Å². The van der Waals surface area contributed by atoms with Gasteiger partial charge in [-0.3, -0.25) is 0 Å². The molecule has 0 saturated carbocycles. The van der Waals surface area contributed by atoms with Crippen LogP contribution in [-0.2, 0) is 0 Å². The van der Waals surface area contributed by atoms with Gasteiger partial charge in [-0.1, -0.05) is 13.3 Å². The van der Waals surface area contributed by atoms with E-state index in [1.165, 1.54) is 0 Å². The van der Waals surface area contributed by atoms with Gasteiger partial charge in [-0.15, -0.1) is 0 Å². The second-order valence-corrected chi connectivity index (χ2v) is 4.43. The van der Waals surface area contributed by atoms with Crippen LogP contribution >= 0.6 is 0 Å². The Morgan fingerprint density at radius 2 is 2.16 bits per heavy atom. The molecular weight excluding hydrogens is 252 g/mol. The van der Waals surface area contributed by atoms with Crippen LogP contribution in [0.2, 0.25) is 0 Å². The molecule has 2 N–H and O–H groups in total. The topological polar surface area (TPSA) is 68.9 Å². The number of aromatic nitrogens is 1. The Morgan fingerprint density at radius 3 is 2.74 bits per heavy atom. The van der Waals surface area contributed by atoms with Gasteiger partial charge in [0.15, 0.2) is 11.6 Å². The molecule has 6 heteroatoms. The maximum absolute atomic E-state index is 13.4. The van der Waals surface area contributed by atoms with E-state index in [2.05, 4.69) is 16.4 Å². The van der Waals surface area contributed by atoms with Crippen molar-refractivity contribution in [2.45, 2.75) is 26.2 Å². The van der Waals surface area contributed by atoms with Crippen molar-refractivity contribution in [1.29, 1.82) is 5.26 Å². The van der Waals surface area contributed by atoms with Gasteiger partial charge >= 0.3 is 0 Å². The lowest BCUT2D eigenvalue weighted by atomic mass is 9.82. The zero-order chi connectivity index (χ0) is 14.3. The number of aliphatic hydroxyl groups excluding tert-OH is 1. The van der Waals surface area contributed by atoms with Crippen molar-refractivity contribution in [3.8, 4) is 6.07 Å². The summed E-state index contributed by atoms with van der Waals surface area (Å²) >= 11 is 0. The van der Waals surface area contributed by atoms with E-state index in [9.17, 15) is 14.0 Å². The number of nitrogens with zero attached hydrogens (tertiary/aromatic N) is 2. The lowest BCUT2D eigenvalue weighted by Crippen LogP contribution is -2.30.